The molecule has 2 aromatic heterocycles. The zero-order chi connectivity index (χ0) is 17.9. The summed E-state index contributed by atoms with van der Waals surface area (Å²) in [4.78, 5) is 13.0. The third-order valence-corrected chi connectivity index (χ3v) is 4.41. The third kappa shape index (κ3) is 3.14. The normalized spacial score (nSPS) is 22.8. The molecule has 1 unspecified atom stereocenters. The molecule has 8 heteroatoms. The summed E-state index contributed by atoms with van der Waals surface area (Å²) in [5.74, 6) is 1.11. The average Bonchev–Trinajstić information content (AvgIpc) is 3.27. The Labute approximate surface area is 150 Å². The lowest BCUT2D eigenvalue weighted by Gasteiger charge is -2.16. The van der Waals surface area contributed by atoms with Gasteiger partial charge in [0.2, 0.25) is 0 Å². The topological polar surface area (TPSA) is 80.5 Å². The number of aromatic nitrogens is 4. The van der Waals surface area contributed by atoms with Crippen LogP contribution in [0, 0.1) is 0 Å². The van der Waals surface area contributed by atoms with E-state index in [1.54, 1.807) is 20.5 Å². The van der Waals surface area contributed by atoms with Gasteiger partial charge in [0.1, 0.15) is 24.4 Å². The summed E-state index contributed by atoms with van der Waals surface area (Å²) in [5.41, 5.74) is 1.24. The Kier molecular flexibility index (Phi) is 4.79. The van der Waals surface area contributed by atoms with Crippen LogP contribution in [0.5, 0.6) is 11.6 Å². The van der Waals surface area contributed by atoms with E-state index in [0.29, 0.717) is 35.8 Å². The highest BCUT2D eigenvalue weighted by atomic mass is 16.6. The van der Waals surface area contributed by atoms with Gasteiger partial charge in [-0.1, -0.05) is 18.2 Å². The van der Waals surface area contributed by atoms with Crippen LogP contribution in [0.1, 0.15) is 12.6 Å². The number of imidazole rings is 1. The fourth-order valence-corrected chi connectivity index (χ4v) is 3.15. The van der Waals surface area contributed by atoms with E-state index in [-0.39, 0.29) is 18.4 Å². The summed E-state index contributed by atoms with van der Waals surface area (Å²) in [6.45, 7) is 0.471. The lowest BCUT2D eigenvalue weighted by atomic mass is 10.2. The van der Waals surface area contributed by atoms with Crippen LogP contribution in [-0.2, 0) is 14.2 Å². The van der Waals surface area contributed by atoms with Crippen LogP contribution < -0.4 is 4.74 Å². The number of hydrogen-bond acceptors (Lipinski definition) is 7. The predicted molar refractivity (Wildman–Crippen MR) is 93.0 cm³/mol. The lowest BCUT2D eigenvalue weighted by Crippen LogP contribution is -2.27. The minimum atomic E-state index is -0.232. The molecule has 1 aliphatic rings. The number of ether oxygens (including phenoxy) is 4. The van der Waals surface area contributed by atoms with Gasteiger partial charge in [-0.05, 0) is 12.1 Å². The zero-order valence-electron chi connectivity index (χ0n) is 14.6. The van der Waals surface area contributed by atoms with Crippen molar-refractivity contribution >= 4 is 11.2 Å². The van der Waals surface area contributed by atoms with E-state index in [9.17, 15) is 0 Å². The summed E-state index contributed by atoms with van der Waals surface area (Å²) >= 11 is 0. The van der Waals surface area contributed by atoms with Gasteiger partial charge in [0.05, 0.1) is 19.0 Å². The van der Waals surface area contributed by atoms with Crippen LogP contribution in [0.2, 0.25) is 0 Å². The molecule has 0 saturated carbocycles. The smallest absolute Gasteiger partial charge is 0.250 e. The maximum atomic E-state index is 6.09. The number of nitrogens with zero attached hydrogens (tertiary/aromatic N) is 4. The molecule has 136 valence electrons. The van der Waals surface area contributed by atoms with E-state index in [2.05, 4.69) is 15.0 Å². The maximum absolute atomic E-state index is 6.09. The molecule has 0 radical (unpaired) electrons. The average molecular weight is 356 g/mol. The fraction of sp³-hybridized carbons (Fsp3) is 0.389. The second-order valence-electron chi connectivity index (χ2n) is 6.01. The van der Waals surface area contributed by atoms with Gasteiger partial charge in [-0.3, -0.25) is 4.57 Å². The van der Waals surface area contributed by atoms with Gasteiger partial charge in [-0.25, -0.2) is 9.97 Å². The molecule has 0 spiro atoms. The minimum Gasteiger partial charge on any atom is -0.437 e. The number of methoxy groups -OCH3 is 2. The van der Waals surface area contributed by atoms with Gasteiger partial charge >= 0.3 is 0 Å². The molecule has 4 rings (SSSR count). The second-order valence-corrected chi connectivity index (χ2v) is 6.01. The van der Waals surface area contributed by atoms with E-state index < -0.39 is 0 Å². The van der Waals surface area contributed by atoms with Gasteiger partial charge < -0.3 is 18.9 Å². The van der Waals surface area contributed by atoms with Crippen molar-refractivity contribution in [1.82, 2.24) is 19.5 Å². The van der Waals surface area contributed by atoms with Gasteiger partial charge in [-0.15, -0.1) is 0 Å². The van der Waals surface area contributed by atoms with E-state index >= 15 is 0 Å². The number of fused-ring (bicyclic) bond motifs is 1. The second kappa shape index (κ2) is 7.36. The molecule has 0 bridgehead atoms. The number of benzene rings is 1. The van der Waals surface area contributed by atoms with Crippen molar-refractivity contribution in [1.29, 1.82) is 0 Å². The van der Waals surface area contributed by atoms with Gasteiger partial charge in [0.15, 0.2) is 11.2 Å². The minimum absolute atomic E-state index is 0.0423. The van der Waals surface area contributed by atoms with Crippen molar-refractivity contribution in [2.75, 3.05) is 20.8 Å². The van der Waals surface area contributed by atoms with Crippen LogP contribution in [0.4, 0.5) is 0 Å². The maximum Gasteiger partial charge on any atom is 0.250 e. The Bertz CT molecular complexity index is 870. The van der Waals surface area contributed by atoms with Crippen molar-refractivity contribution in [3.8, 4) is 11.6 Å². The van der Waals surface area contributed by atoms with E-state index in [0.717, 1.165) is 0 Å². The molecular weight excluding hydrogens is 336 g/mol. The molecule has 3 heterocycles. The van der Waals surface area contributed by atoms with Crippen LogP contribution in [0.25, 0.3) is 11.2 Å². The van der Waals surface area contributed by atoms with Crippen molar-refractivity contribution < 1.29 is 18.9 Å². The van der Waals surface area contributed by atoms with Crippen LogP contribution in [0.3, 0.4) is 0 Å². The van der Waals surface area contributed by atoms with Gasteiger partial charge in [0, 0.05) is 20.6 Å². The van der Waals surface area contributed by atoms with Crippen molar-refractivity contribution in [3.05, 3.63) is 43.0 Å². The first-order chi connectivity index (χ1) is 12.8. The summed E-state index contributed by atoms with van der Waals surface area (Å²) in [6.07, 6.45) is 3.45. The molecule has 0 amide bonds. The lowest BCUT2D eigenvalue weighted by molar-refractivity contribution is -0.0597. The first-order valence-corrected chi connectivity index (χ1v) is 8.37. The molecule has 0 aliphatic carbocycles. The summed E-state index contributed by atoms with van der Waals surface area (Å²) in [6, 6.07) is 9.46. The van der Waals surface area contributed by atoms with Crippen molar-refractivity contribution in [2.45, 2.75) is 24.9 Å². The Balaban J connectivity index is 1.63. The SMILES string of the molecule is COC[C@H]1O[C@@H](n2cnc3c(Oc4ccccc4)ncnc32)CC1OC. The Morgan fingerprint density at radius 3 is 2.77 bits per heavy atom. The van der Waals surface area contributed by atoms with E-state index in [1.165, 1.54) is 6.33 Å². The Morgan fingerprint density at radius 2 is 2.00 bits per heavy atom. The molecule has 3 aromatic rings. The van der Waals surface area contributed by atoms with Crippen LogP contribution >= 0.6 is 0 Å². The standard InChI is InChI=1S/C18H20N4O4/c1-23-9-14-13(24-2)8-15(26-14)22-11-21-16-17(22)19-10-20-18(16)25-12-6-4-3-5-7-12/h3-7,10-11,13-15H,8-9H2,1-2H3/t13?,14-,15-/m1/s1. The highest BCUT2D eigenvalue weighted by molar-refractivity contribution is 5.76. The number of para-hydroxylation sites is 1. The van der Waals surface area contributed by atoms with Gasteiger partial charge in [-0.2, -0.15) is 4.98 Å². The monoisotopic (exact) mass is 356 g/mol. The molecule has 8 nitrogen and oxygen atoms in total. The van der Waals surface area contributed by atoms with Crippen molar-refractivity contribution in [2.24, 2.45) is 0 Å². The first-order valence-electron chi connectivity index (χ1n) is 8.37. The van der Waals surface area contributed by atoms with Crippen LogP contribution in [-0.4, -0.2) is 52.6 Å². The number of rotatable bonds is 6. The quantitative estimate of drug-likeness (QED) is 0.671. The molecule has 0 N–H and O–H groups in total. The highest BCUT2D eigenvalue weighted by Gasteiger charge is 2.37. The van der Waals surface area contributed by atoms with Gasteiger partial charge in [0.25, 0.3) is 5.88 Å². The molecule has 1 fully saturated rings. The summed E-state index contributed by atoms with van der Waals surface area (Å²) < 4.78 is 24.6. The number of hydrogen-bond donors (Lipinski definition) is 0. The Morgan fingerprint density at radius 1 is 1.15 bits per heavy atom. The molecule has 1 aromatic carbocycles. The van der Waals surface area contributed by atoms with E-state index in [1.807, 2.05) is 34.9 Å². The Hall–Kier alpha value is -2.55. The summed E-state index contributed by atoms with van der Waals surface area (Å²) in [5, 5.41) is 0. The summed E-state index contributed by atoms with van der Waals surface area (Å²) in [7, 11) is 3.33. The molecular formula is C18H20N4O4. The fourth-order valence-electron chi connectivity index (χ4n) is 3.15. The first kappa shape index (κ1) is 16.9. The third-order valence-electron chi connectivity index (χ3n) is 4.41. The van der Waals surface area contributed by atoms with E-state index in [4.69, 9.17) is 18.9 Å². The van der Waals surface area contributed by atoms with Crippen molar-refractivity contribution in [3.63, 3.8) is 0 Å². The zero-order valence-corrected chi connectivity index (χ0v) is 14.6. The molecule has 1 saturated heterocycles. The highest BCUT2D eigenvalue weighted by Crippen LogP contribution is 2.34. The molecule has 26 heavy (non-hydrogen) atoms. The molecule has 1 aliphatic heterocycles. The molecule has 3 atom stereocenters. The predicted octanol–water partition coefficient (Wildman–Crippen LogP) is 2.57. The largest absolute Gasteiger partial charge is 0.437 e. The van der Waals surface area contributed by atoms with Crippen LogP contribution in [0.15, 0.2) is 43.0 Å².